The van der Waals surface area contributed by atoms with Crippen molar-refractivity contribution in [3.05, 3.63) is 16.1 Å². The van der Waals surface area contributed by atoms with E-state index >= 15 is 0 Å². The molecule has 1 fully saturated rings. The molecule has 0 bridgehead atoms. The number of aromatic nitrogens is 1. The van der Waals surface area contributed by atoms with Gasteiger partial charge in [0.25, 0.3) is 0 Å². The second-order valence-corrected chi connectivity index (χ2v) is 6.75. The third-order valence-corrected chi connectivity index (χ3v) is 5.04. The first kappa shape index (κ1) is 14.9. The molecule has 0 spiro atoms. The Bertz CT molecular complexity index is 377. The first-order valence-corrected chi connectivity index (χ1v) is 8.39. The molecule has 0 saturated heterocycles. The predicted octanol–water partition coefficient (Wildman–Crippen LogP) is 3.05. The first-order valence-electron chi connectivity index (χ1n) is 7.51. The van der Waals surface area contributed by atoms with Gasteiger partial charge in [0, 0.05) is 24.0 Å². The minimum atomic E-state index is 0.741. The molecule has 3 nitrogen and oxygen atoms in total. The van der Waals surface area contributed by atoms with Crippen LogP contribution in [0.4, 0.5) is 0 Å². The lowest BCUT2D eigenvalue weighted by Crippen LogP contribution is -2.38. The van der Waals surface area contributed by atoms with Crippen LogP contribution in [0.25, 0.3) is 0 Å². The maximum Gasteiger partial charge on any atom is 0.0798 e. The summed E-state index contributed by atoms with van der Waals surface area (Å²) in [6.45, 7) is 7.78. The summed E-state index contributed by atoms with van der Waals surface area (Å²) in [5.41, 5.74) is 3.16. The molecule has 0 aliphatic heterocycles. The summed E-state index contributed by atoms with van der Waals surface area (Å²) in [4.78, 5) is 8.22. The van der Waals surface area contributed by atoms with E-state index < -0.39 is 0 Å². The van der Waals surface area contributed by atoms with Crippen LogP contribution in [0, 0.1) is 12.8 Å². The van der Waals surface area contributed by atoms with Crippen molar-refractivity contribution in [3.8, 4) is 0 Å². The molecule has 2 atom stereocenters. The summed E-state index contributed by atoms with van der Waals surface area (Å²) >= 11 is 1.78. The zero-order valence-corrected chi connectivity index (χ0v) is 13.3. The van der Waals surface area contributed by atoms with Crippen LogP contribution in [-0.2, 0) is 6.54 Å². The van der Waals surface area contributed by atoms with Crippen LogP contribution in [0.2, 0.25) is 0 Å². The first-order chi connectivity index (χ1) is 9.20. The van der Waals surface area contributed by atoms with Crippen LogP contribution < -0.4 is 5.32 Å². The Kier molecular flexibility index (Phi) is 5.79. The molecule has 2 unspecified atom stereocenters. The minimum absolute atomic E-state index is 0.741. The van der Waals surface area contributed by atoms with E-state index in [2.05, 4.69) is 36.1 Å². The van der Waals surface area contributed by atoms with Crippen LogP contribution in [0.5, 0.6) is 0 Å². The number of rotatable bonds is 7. The lowest BCUT2D eigenvalue weighted by molar-refractivity contribution is 0.246. The van der Waals surface area contributed by atoms with Gasteiger partial charge in [0.15, 0.2) is 0 Å². The van der Waals surface area contributed by atoms with E-state index in [9.17, 15) is 0 Å². The second kappa shape index (κ2) is 7.36. The summed E-state index contributed by atoms with van der Waals surface area (Å²) < 4.78 is 0. The van der Waals surface area contributed by atoms with E-state index in [1.165, 1.54) is 49.3 Å². The summed E-state index contributed by atoms with van der Waals surface area (Å²) in [5, 5.41) is 3.72. The highest BCUT2D eigenvalue weighted by molar-refractivity contribution is 7.09. The highest BCUT2D eigenvalue weighted by atomic mass is 32.1. The number of hydrogen-bond acceptors (Lipinski definition) is 4. The van der Waals surface area contributed by atoms with Gasteiger partial charge in [-0.05, 0) is 45.7 Å². The van der Waals surface area contributed by atoms with Crippen molar-refractivity contribution in [2.75, 3.05) is 20.1 Å². The third-order valence-electron chi connectivity index (χ3n) is 4.12. The summed E-state index contributed by atoms with van der Waals surface area (Å²) in [6.07, 6.45) is 5.37. The normalized spacial score (nSPS) is 23.4. The Morgan fingerprint density at radius 2 is 2.32 bits per heavy atom. The van der Waals surface area contributed by atoms with Crippen LogP contribution in [0.3, 0.4) is 0 Å². The maximum absolute atomic E-state index is 4.34. The van der Waals surface area contributed by atoms with E-state index in [-0.39, 0.29) is 0 Å². The fourth-order valence-corrected chi connectivity index (χ4v) is 3.90. The van der Waals surface area contributed by atoms with Crippen LogP contribution in [0.15, 0.2) is 5.51 Å². The Morgan fingerprint density at radius 3 is 3.00 bits per heavy atom. The Balaban J connectivity index is 1.81. The predicted molar refractivity (Wildman–Crippen MR) is 82.6 cm³/mol. The molecule has 0 radical (unpaired) electrons. The van der Waals surface area contributed by atoms with Crippen LogP contribution >= 0.6 is 11.3 Å². The number of hydrogen-bond donors (Lipinski definition) is 1. The molecule has 19 heavy (non-hydrogen) atoms. The summed E-state index contributed by atoms with van der Waals surface area (Å²) in [6, 6.07) is 0.741. The van der Waals surface area contributed by atoms with Crippen molar-refractivity contribution in [1.82, 2.24) is 15.2 Å². The van der Waals surface area contributed by atoms with E-state index in [1.807, 2.05) is 5.51 Å². The number of thiazole rings is 1. The van der Waals surface area contributed by atoms with E-state index in [0.29, 0.717) is 0 Å². The van der Waals surface area contributed by atoms with Gasteiger partial charge >= 0.3 is 0 Å². The third kappa shape index (κ3) is 4.26. The SMILES string of the molecule is CCCNC1CCCC1CN(C)Cc1scnc1C. The van der Waals surface area contributed by atoms with Crippen molar-refractivity contribution in [2.45, 2.75) is 52.1 Å². The molecule has 1 aromatic heterocycles. The molecule has 1 heterocycles. The van der Waals surface area contributed by atoms with Gasteiger partial charge in [-0.1, -0.05) is 13.3 Å². The molecule has 108 valence electrons. The van der Waals surface area contributed by atoms with Crippen LogP contribution in [0.1, 0.15) is 43.2 Å². The quantitative estimate of drug-likeness (QED) is 0.832. The molecule has 1 aliphatic rings. The van der Waals surface area contributed by atoms with Crippen molar-refractivity contribution >= 4 is 11.3 Å². The highest BCUT2D eigenvalue weighted by Gasteiger charge is 2.27. The fourth-order valence-electron chi connectivity index (χ4n) is 3.04. The van der Waals surface area contributed by atoms with Crippen LogP contribution in [-0.4, -0.2) is 36.1 Å². The van der Waals surface area contributed by atoms with Gasteiger partial charge in [0.1, 0.15) is 0 Å². The number of aryl methyl sites for hydroxylation is 1. The smallest absolute Gasteiger partial charge is 0.0798 e. The van der Waals surface area contributed by atoms with E-state index in [4.69, 9.17) is 0 Å². The molecule has 0 aromatic carbocycles. The molecule has 1 N–H and O–H groups in total. The molecular formula is C15H27N3S. The monoisotopic (exact) mass is 281 g/mol. The Hall–Kier alpha value is -0.450. The average Bonchev–Trinajstić information content (AvgIpc) is 2.97. The summed E-state index contributed by atoms with van der Waals surface area (Å²) in [7, 11) is 2.24. The zero-order chi connectivity index (χ0) is 13.7. The second-order valence-electron chi connectivity index (χ2n) is 5.81. The topological polar surface area (TPSA) is 28.2 Å². The van der Waals surface area contributed by atoms with Gasteiger partial charge < -0.3 is 10.2 Å². The van der Waals surface area contributed by atoms with Gasteiger partial charge in [-0.2, -0.15) is 0 Å². The lowest BCUT2D eigenvalue weighted by atomic mass is 10.0. The minimum Gasteiger partial charge on any atom is -0.314 e. The molecule has 1 aliphatic carbocycles. The molecule has 1 saturated carbocycles. The van der Waals surface area contributed by atoms with Gasteiger partial charge in [-0.15, -0.1) is 11.3 Å². The van der Waals surface area contributed by atoms with Crippen molar-refractivity contribution in [1.29, 1.82) is 0 Å². The number of nitrogens with one attached hydrogen (secondary N) is 1. The fraction of sp³-hybridized carbons (Fsp3) is 0.800. The lowest BCUT2D eigenvalue weighted by Gasteiger charge is -2.26. The maximum atomic E-state index is 4.34. The van der Waals surface area contributed by atoms with E-state index in [1.54, 1.807) is 11.3 Å². The van der Waals surface area contributed by atoms with E-state index in [0.717, 1.165) is 18.5 Å². The van der Waals surface area contributed by atoms with Gasteiger partial charge in [0.2, 0.25) is 0 Å². The largest absolute Gasteiger partial charge is 0.314 e. The van der Waals surface area contributed by atoms with Crippen molar-refractivity contribution < 1.29 is 0 Å². The average molecular weight is 281 g/mol. The molecule has 4 heteroatoms. The van der Waals surface area contributed by atoms with Gasteiger partial charge in [-0.3, -0.25) is 0 Å². The summed E-state index contributed by atoms with van der Waals surface area (Å²) in [5.74, 6) is 0.824. The highest BCUT2D eigenvalue weighted by Crippen LogP contribution is 2.27. The number of nitrogens with zero attached hydrogens (tertiary/aromatic N) is 2. The Morgan fingerprint density at radius 1 is 1.47 bits per heavy atom. The van der Waals surface area contributed by atoms with Crippen molar-refractivity contribution in [3.63, 3.8) is 0 Å². The van der Waals surface area contributed by atoms with Crippen molar-refractivity contribution in [2.24, 2.45) is 5.92 Å². The van der Waals surface area contributed by atoms with Gasteiger partial charge in [0.05, 0.1) is 11.2 Å². The molecule has 1 aromatic rings. The molecular weight excluding hydrogens is 254 g/mol. The van der Waals surface area contributed by atoms with Gasteiger partial charge in [-0.25, -0.2) is 4.98 Å². The molecule has 2 rings (SSSR count). The zero-order valence-electron chi connectivity index (χ0n) is 12.5. The molecule has 0 amide bonds. The standard InChI is InChI=1S/C15H27N3S/c1-4-8-16-14-7-5-6-13(14)9-18(3)10-15-12(2)17-11-19-15/h11,13-14,16H,4-10H2,1-3H3. The Labute approximate surface area is 121 Å².